The molecule has 0 aliphatic carbocycles. The van der Waals surface area contributed by atoms with Crippen LogP contribution in [0.4, 0.5) is 10.2 Å². The maximum atomic E-state index is 12.8. The van der Waals surface area contributed by atoms with Crippen LogP contribution in [0.15, 0.2) is 18.5 Å². The van der Waals surface area contributed by atoms with Gasteiger partial charge in [-0.3, -0.25) is 4.79 Å². The van der Waals surface area contributed by atoms with Gasteiger partial charge in [-0.2, -0.15) is 4.52 Å². The lowest BCUT2D eigenvalue weighted by Crippen LogP contribution is -2.50. The number of hydrogen-bond acceptors (Lipinski definition) is 5. The number of carbonyl (C=O) groups excluding carboxylic acids is 1. The Labute approximate surface area is 118 Å². The zero-order chi connectivity index (χ0) is 14.1. The van der Waals surface area contributed by atoms with Crippen LogP contribution in [0.2, 0.25) is 0 Å². The van der Waals surface area contributed by atoms with Crippen LogP contribution in [0.5, 0.6) is 0 Å². The number of aromatic nitrogens is 4. The van der Waals surface area contributed by atoms with E-state index in [1.165, 1.54) is 11.2 Å². The number of alkyl halides is 2. The molecule has 2 aromatic heterocycles. The van der Waals surface area contributed by atoms with Crippen molar-refractivity contribution in [2.24, 2.45) is 0 Å². The Morgan fingerprint density at radius 1 is 1.30 bits per heavy atom. The summed E-state index contributed by atoms with van der Waals surface area (Å²) < 4.78 is 14.4. The molecule has 1 amide bonds. The molecule has 0 saturated carbocycles. The molecule has 9 heteroatoms. The van der Waals surface area contributed by atoms with Crippen LogP contribution in [0.1, 0.15) is 0 Å². The van der Waals surface area contributed by atoms with Crippen LogP contribution in [0.3, 0.4) is 0 Å². The van der Waals surface area contributed by atoms with E-state index >= 15 is 0 Å². The summed E-state index contributed by atoms with van der Waals surface area (Å²) in [5.41, 5.74) is -1.29. The predicted molar refractivity (Wildman–Crippen MR) is 70.3 cm³/mol. The summed E-state index contributed by atoms with van der Waals surface area (Å²) in [5, 5.41) is 12.0. The smallest absolute Gasteiger partial charge is 0.272 e. The third kappa shape index (κ3) is 2.38. The van der Waals surface area contributed by atoms with E-state index in [4.69, 9.17) is 11.6 Å². The molecule has 0 radical (unpaired) electrons. The van der Waals surface area contributed by atoms with Gasteiger partial charge >= 0.3 is 0 Å². The van der Waals surface area contributed by atoms with E-state index in [0.29, 0.717) is 31.8 Å². The minimum Gasteiger partial charge on any atom is -0.352 e. The molecular formula is C11H12ClFN6O. The first-order valence-electron chi connectivity index (χ1n) is 6.14. The number of carbonyl (C=O) groups is 1. The van der Waals surface area contributed by atoms with Crippen molar-refractivity contribution in [1.29, 1.82) is 0 Å². The normalized spacial score (nSPS) is 17.5. The van der Waals surface area contributed by atoms with E-state index in [9.17, 15) is 9.18 Å². The van der Waals surface area contributed by atoms with Gasteiger partial charge in [-0.25, -0.2) is 4.39 Å². The third-order valence-electron chi connectivity index (χ3n) is 3.25. The lowest BCUT2D eigenvalue weighted by atomic mass is 10.3. The fourth-order valence-electron chi connectivity index (χ4n) is 2.18. The average Bonchev–Trinajstić information content (AvgIpc) is 2.94. The Balaban J connectivity index is 1.69. The number of halogens is 2. The summed E-state index contributed by atoms with van der Waals surface area (Å²) in [7, 11) is 0. The maximum absolute atomic E-state index is 12.8. The van der Waals surface area contributed by atoms with Gasteiger partial charge in [-0.1, -0.05) is 11.6 Å². The second-order valence-corrected chi connectivity index (χ2v) is 4.82. The molecule has 0 bridgehead atoms. The number of hydrogen-bond donors (Lipinski definition) is 0. The van der Waals surface area contributed by atoms with Gasteiger partial charge in [0.25, 0.3) is 11.5 Å². The molecule has 1 aliphatic heterocycles. The van der Waals surface area contributed by atoms with Gasteiger partial charge in [0.1, 0.15) is 12.1 Å². The van der Waals surface area contributed by atoms with Crippen LogP contribution >= 0.6 is 11.6 Å². The maximum Gasteiger partial charge on any atom is 0.272 e. The van der Waals surface area contributed by atoms with Crippen LogP contribution in [-0.4, -0.2) is 62.4 Å². The van der Waals surface area contributed by atoms with E-state index in [1.54, 1.807) is 4.52 Å². The van der Waals surface area contributed by atoms with E-state index in [0.717, 1.165) is 5.82 Å². The number of amides is 1. The van der Waals surface area contributed by atoms with Crippen molar-refractivity contribution in [1.82, 2.24) is 24.7 Å². The molecule has 106 valence electrons. The van der Waals surface area contributed by atoms with E-state index in [-0.39, 0.29) is 0 Å². The molecule has 1 saturated heterocycles. The Morgan fingerprint density at radius 3 is 2.75 bits per heavy atom. The first-order valence-corrected chi connectivity index (χ1v) is 6.58. The van der Waals surface area contributed by atoms with Crippen molar-refractivity contribution in [2.45, 2.75) is 5.63 Å². The van der Waals surface area contributed by atoms with Gasteiger partial charge in [0.15, 0.2) is 5.65 Å². The molecule has 1 aliphatic rings. The summed E-state index contributed by atoms with van der Waals surface area (Å²) in [6.07, 6.45) is 1.53. The van der Waals surface area contributed by atoms with Gasteiger partial charge < -0.3 is 9.80 Å². The van der Waals surface area contributed by atoms with Crippen molar-refractivity contribution in [2.75, 3.05) is 31.1 Å². The Morgan fingerprint density at radius 2 is 2.05 bits per heavy atom. The molecule has 1 unspecified atom stereocenters. The van der Waals surface area contributed by atoms with Crippen molar-refractivity contribution < 1.29 is 9.18 Å². The van der Waals surface area contributed by atoms with Gasteiger partial charge in [0, 0.05) is 26.2 Å². The zero-order valence-corrected chi connectivity index (χ0v) is 11.2. The van der Waals surface area contributed by atoms with Gasteiger partial charge in [0.05, 0.1) is 0 Å². The summed E-state index contributed by atoms with van der Waals surface area (Å²) in [4.78, 5) is 14.9. The molecule has 1 atom stereocenters. The Hall–Kier alpha value is -1.96. The molecule has 2 aromatic rings. The van der Waals surface area contributed by atoms with Crippen LogP contribution in [0, 0.1) is 0 Å². The average molecular weight is 299 g/mol. The number of fused-ring (bicyclic) bond motifs is 1. The summed E-state index contributed by atoms with van der Waals surface area (Å²) in [6, 6.07) is 3.67. The lowest BCUT2D eigenvalue weighted by Gasteiger charge is -2.35. The zero-order valence-electron chi connectivity index (χ0n) is 10.5. The highest BCUT2D eigenvalue weighted by Gasteiger charge is 2.26. The largest absolute Gasteiger partial charge is 0.352 e. The minimum atomic E-state index is -1.96. The fraction of sp³-hybridized carbons (Fsp3) is 0.455. The third-order valence-corrected chi connectivity index (χ3v) is 3.44. The molecule has 0 aromatic carbocycles. The SMILES string of the molecule is O=C(C(F)Cl)N1CCN(c2ccc3nncn3n2)CC1. The molecule has 1 fully saturated rings. The van der Waals surface area contributed by atoms with E-state index in [1.807, 2.05) is 17.0 Å². The van der Waals surface area contributed by atoms with Crippen LogP contribution < -0.4 is 4.90 Å². The predicted octanol–water partition coefficient (Wildman–Crippen LogP) is 0.307. The first kappa shape index (κ1) is 13.0. The molecule has 0 spiro atoms. The summed E-state index contributed by atoms with van der Waals surface area (Å²) in [6.45, 7) is 2.01. The van der Waals surface area contributed by atoms with Gasteiger partial charge in [-0.15, -0.1) is 15.3 Å². The Bertz CT molecular complexity index is 624. The number of rotatable bonds is 2. The second kappa shape index (κ2) is 5.20. The fourth-order valence-corrected chi connectivity index (χ4v) is 2.32. The minimum absolute atomic E-state index is 0.424. The van der Waals surface area contributed by atoms with Crippen molar-refractivity contribution in [3.05, 3.63) is 18.5 Å². The molecule has 3 heterocycles. The first-order chi connectivity index (χ1) is 9.65. The van der Waals surface area contributed by atoms with Crippen molar-refractivity contribution in [3.63, 3.8) is 0 Å². The highest BCUT2D eigenvalue weighted by Crippen LogP contribution is 2.15. The number of anilines is 1. The lowest BCUT2D eigenvalue weighted by molar-refractivity contribution is -0.133. The monoisotopic (exact) mass is 298 g/mol. The number of piperazine rings is 1. The molecular weight excluding hydrogens is 287 g/mol. The van der Waals surface area contributed by atoms with Gasteiger partial charge in [-0.05, 0) is 12.1 Å². The Kier molecular flexibility index (Phi) is 3.39. The molecule has 3 rings (SSSR count). The van der Waals surface area contributed by atoms with E-state index < -0.39 is 11.5 Å². The second-order valence-electron chi connectivity index (χ2n) is 4.44. The molecule has 20 heavy (non-hydrogen) atoms. The van der Waals surface area contributed by atoms with Crippen molar-refractivity contribution in [3.8, 4) is 0 Å². The highest BCUT2D eigenvalue weighted by molar-refractivity contribution is 6.29. The van der Waals surface area contributed by atoms with E-state index in [2.05, 4.69) is 15.3 Å². The highest BCUT2D eigenvalue weighted by atomic mass is 35.5. The number of nitrogens with zero attached hydrogens (tertiary/aromatic N) is 6. The summed E-state index contributed by atoms with van der Waals surface area (Å²) in [5.74, 6) is 0.0978. The quantitative estimate of drug-likeness (QED) is 0.747. The molecule has 0 N–H and O–H groups in total. The van der Waals surface area contributed by atoms with Crippen LogP contribution in [0.25, 0.3) is 5.65 Å². The van der Waals surface area contributed by atoms with Crippen molar-refractivity contribution >= 4 is 29.0 Å². The topological polar surface area (TPSA) is 66.6 Å². The molecule has 7 nitrogen and oxygen atoms in total. The standard InChI is InChI=1S/C11H12ClFN6O/c12-10(13)11(20)18-5-3-17(4-6-18)9-2-1-8-15-14-7-19(8)16-9/h1-2,7,10H,3-6H2. The summed E-state index contributed by atoms with van der Waals surface area (Å²) >= 11 is 5.17. The van der Waals surface area contributed by atoms with Gasteiger partial charge in [0.2, 0.25) is 0 Å². The van der Waals surface area contributed by atoms with Crippen LogP contribution in [-0.2, 0) is 4.79 Å².